The number of carbonyl (C=O) groups is 1. The lowest BCUT2D eigenvalue weighted by molar-refractivity contribution is 0.0697. The Morgan fingerprint density at radius 3 is 2.22 bits per heavy atom. The molecule has 1 saturated heterocycles. The summed E-state index contributed by atoms with van der Waals surface area (Å²) in [5, 5.41) is 4.41. The fourth-order valence-corrected chi connectivity index (χ4v) is 6.08. The summed E-state index contributed by atoms with van der Waals surface area (Å²) < 4.78 is 34.5. The van der Waals surface area contributed by atoms with Gasteiger partial charge in [-0.25, -0.2) is 8.42 Å². The number of carbonyl (C=O) groups excluding carboxylic acids is 1. The quantitative estimate of drug-likeness (QED) is 0.575. The number of halogens is 1. The van der Waals surface area contributed by atoms with Crippen molar-refractivity contribution in [2.75, 3.05) is 26.2 Å². The number of aromatic nitrogens is 2. The molecule has 0 N–H and O–H groups in total. The van der Waals surface area contributed by atoms with Crippen LogP contribution >= 0.6 is 11.6 Å². The maximum Gasteiger partial charge on any atom is 0.255 e. The van der Waals surface area contributed by atoms with E-state index in [0.717, 1.165) is 17.1 Å². The predicted octanol–water partition coefficient (Wildman–Crippen LogP) is 3.50. The third-order valence-electron chi connectivity index (χ3n) is 5.84. The average Bonchev–Trinajstić information content (AvgIpc) is 3.26. The van der Waals surface area contributed by atoms with E-state index in [1.165, 1.54) is 4.31 Å². The molecule has 0 atom stereocenters. The van der Waals surface area contributed by atoms with Crippen molar-refractivity contribution in [3.05, 3.63) is 63.8 Å². The summed E-state index contributed by atoms with van der Waals surface area (Å²) in [6, 6.07) is 9.33. The summed E-state index contributed by atoms with van der Waals surface area (Å²) in [5.74, 6) is 0.170. The number of aryl methyl sites for hydroxylation is 3. The van der Waals surface area contributed by atoms with Gasteiger partial charge in [0.25, 0.3) is 5.91 Å². The fourth-order valence-electron chi connectivity index (χ4n) is 4.24. The van der Waals surface area contributed by atoms with Gasteiger partial charge in [0.05, 0.1) is 5.56 Å². The molecule has 2 aromatic heterocycles. The van der Waals surface area contributed by atoms with Gasteiger partial charge in [-0.05, 0) is 58.0 Å². The third kappa shape index (κ3) is 3.85. The number of nitrogens with zero attached hydrogens (tertiary/aromatic N) is 4. The van der Waals surface area contributed by atoms with Crippen molar-refractivity contribution in [2.45, 2.75) is 32.6 Å². The molecular formula is C22H25ClN4O4S. The van der Waals surface area contributed by atoms with Crippen LogP contribution in [-0.4, -0.2) is 59.4 Å². The van der Waals surface area contributed by atoms with Crippen LogP contribution in [0.3, 0.4) is 0 Å². The topological polar surface area (TPSA) is 88.7 Å². The molecule has 1 aliphatic heterocycles. The first-order chi connectivity index (χ1) is 15.1. The van der Waals surface area contributed by atoms with E-state index in [2.05, 4.69) is 5.16 Å². The Bertz CT molecular complexity index is 1250. The van der Waals surface area contributed by atoms with E-state index in [1.807, 2.05) is 48.7 Å². The number of piperazine rings is 1. The van der Waals surface area contributed by atoms with E-state index in [9.17, 15) is 13.2 Å². The second kappa shape index (κ2) is 8.38. The highest BCUT2D eigenvalue weighted by Crippen LogP contribution is 2.26. The van der Waals surface area contributed by atoms with Crippen LogP contribution in [0.4, 0.5) is 0 Å². The van der Waals surface area contributed by atoms with E-state index >= 15 is 0 Å². The monoisotopic (exact) mass is 476 g/mol. The molecule has 1 aromatic carbocycles. The van der Waals surface area contributed by atoms with E-state index < -0.39 is 10.0 Å². The van der Waals surface area contributed by atoms with Crippen LogP contribution in [0, 0.1) is 27.7 Å². The molecule has 4 rings (SSSR count). The number of benzene rings is 1. The Morgan fingerprint density at radius 1 is 1.03 bits per heavy atom. The molecule has 0 spiro atoms. The lowest BCUT2D eigenvalue weighted by Crippen LogP contribution is -2.50. The molecule has 10 heteroatoms. The van der Waals surface area contributed by atoms with Crippen molar-refractivity contribution < 1.29 is 17.7 Å². The summed E-state index contributed by atoms with van der Waals surface area (Å²) in [7, 11) is -3.72. The number of amides is 1. The highest BCUT2D eigenvalue weighted by atomic mass is 35.5. The van der Waals surface area contributed by atoms with E-state index in [4.69, 9.17) is 16.1 Å². The average molecular weight is 477 g/mol. The van der Waals surface area contributed by atoms with Crippen LogP contribution in [0.5, 0.6) is 0 Å². The van der Waals surface area contributed by atoms with Crippen LogP contribution in [-0.2, 0) is 10.0 Å². The fraction of sp³-hybridized carbons (Fsp3) is 0.364. The van der Waals surface area contributed by atoms with Gasteiger partial charge in [-0.1, -0.05) is 16.8 Å². The summed E-state index contributed by atoms with van der Waals surface area (Å²) in [4.78, 5) is 15.1. The largest absolute Gasteiger partial charge is 0.360 e. The van der Waals surface area contributed by atoms with Crippen molar-refractivity contribution in [2.24, 2.45) is 0 Å². The van der Waals surface area contributed by atoms with Gasteiger partial charge in [-0.15, -0.1) is 0 Å². The molecule has 3 heterocycles. The molecule has 0 saturated carbocycles. The number of hydrogen-bond acceptors (Lipinski definition) is 5. The van der Waals surface area contributed by atoms with Crippen LogP contribution in [0.25, 0.3) is 5.69 Å². The zero-order valence-electron chi connectivity index (χ0n) is 18.4. The Balaban J connectivity index is 1.52. The molecule has 32 heavy (non-hydrogen) atoms. The minimum absolute atomic E-state index is 0.104. The van der Waals surface area contributed by atoms with Crippen LogP contribution in [0.2, 0.25) is 5.02 Å². The predicted molar refractivity (Wildman–Crippen MR) is 121 cm³/mol. The van der Waals surface area contributed by atoms with Gasteiger partial charge in [0.15, 0.2) is 5.76 Å². The summed E-state index contributed by atoms with van der Waals surface area (Å²) in [6.45, 7) is 8.11. The highest BCUT2D eigenvalue weighted by molar-refractivity contribution is 7.89. The summed E-state index contributed by atoms with van der Waals surface area (Å²) >= 11 is 6.00. The van der Waals surface area contributed by atoms with Gasteiger partial charge in [0, 0.05) is 48.3 Å². The smallest absolute Gasteiger partial charge is 0.255 e. The van der Waals surface area contributed by atoms with Crippen molar-refractivity contribution in [1.82, 2.24) is 18.9 Å². The summed E-state index contributed by atoms with van der Waals surface area (Å²) in [6.07, 6.45) is 0. The molecule has 8 nitrogen and oxygen atoms in total. The number of hydrogen-bond donors (Lipinski definition) is 0. The van der Waals surface area contributed by atoms with Gasteiger partial charge in [0.1, 0.15) is 10.6 Å². The molecule has 3 aromatic rings. The highest BCUT2D eigenvalue weighted by Gasteiger charge is 2.35. The van der Waals surface area contributed by atoms with Gasteiger partial charge >= 0.3 is 0 Å². The minimum atomic E-state index is -3.72. The van der Waals surface area contributed by atoms with Crippen LogP contribution < -0.4 is 0 Å². The number of rotatable bonds is 4. The van der Waals surface area contributed by atoms with Gasteiger partial charge in [-0.2, -0.15) is 4.31 Å². The molecule has 0 unspecified atom stereocenters. The standard InChI is InChI=1S/C22H25ClN4O4S/c1-14-13-20(16(3)27(14)19-7-5-18(23)6-8-19)22(28)25-9-11-26(12-10-25)32(29,30)21-15(2)24-31-17(21)4/h5-8,13H,9-12H2,1-4H3. The Hall–Kier alpha value is -2.62. The van der Waals surface area contributed by atoms with Crippen molar-refractivity contribution in [3.63, 3.8) is 0 Å². The first-order valence-corrected chi connectivity index (χ1v) is 12.1. The maximum atomic E-state index is 13.3. The molecule has 0 aliphatic carbocycles. The van der Waals surface area contributed by atoms with Crippen molar-refractivity contribution >= 4 is 27.5 Å². The zero-order valence-corrected chi connectivity index (χ0v) is 20.0. The van der Waals surface area contributed by atoms with Crippen LogP contribution in [0.15, 0.2) is 39.8 Å². The molecule has 1 aliphatic rings. The first-order valence-electron chi connectivity index (χ1n) is 10.3. The molecule has 0 bridgehead atoms. The van der Waals surface area contributed by atoms with Gasteiger partial charge < -0.3 is 14.0 Å². The van der Waals surface area contributed by atoms with Gasteiger partial charge in [0.2, 0.25) is 10.0 Å². The minimum Gasteiger partial charge on any atom is -0.360 e. The zero-order chi connectivity index (χ0) is 23.2. The lowest BCUT2D eigenvalue weighted by atomic mass is 10.2. The second-order valence-corrected chi connectivity index (χ2v) is 10.3. The SMILES string of the molecule is Cc1noc(C)c1S(=O)(=O)N1CCN(C(=O)c2cc(C)n(-c3ccc(Cl)cc3)c2C)CC1. The number of sulfonamides is 1. The van der Waals surface area contributed by atoms with Crippen molar-refractivity contribution in [3.8, 4) is 5.69 Å². The Morgan fingerprint density at radius 2 is 1.66 bits per heavy atom. The third-order valence-corrected chi connectivity index (χ3v) is 8.23. The Kier molecular flexibility index (Phi) is 5.91. The summed E-state index contributed by atoms with van der Waals surface area (Å²) in [5.41, 5.74) is 3.65. The second-order valence-electron chi connectivity index (χ2n) is 7.95. The maximum absolute atomic E-state index is 13.3. The normalized spacial score (nSPS) is 15.3. The molecule has 170 valence electrons. The Labute approximate surface area is 192 Å². The van der Waals surface area contributed by atoms with E-state index in [1.54, 1.807) is 18.7 Å². The van der Waals surface area contributed by atoms with Crippen molar-refractivity contribution in [1.29, 1.82) is 0 Å². The van der Waals surface area contributed by atoms with Crippen LogP contribution in [0.1, 0.15) is 33.2 Å². The first kappa shape index (κ1) is 22.6. The molecule has 0 radical (unpaired) electrons. The molecular weight excluding hydrogens is 452 g/mol. The lowest BCUT2D eigenvalue weighted by Gasteiger charge is -2.34. The molecule has 1 amide bonds. The van der Waals surface area contributed by atoms with Gasteiger partial charge in [-0.3, -0.25) is 4.79 Å². The van der Waals surface area contributed by atoms with E-state index in [0.29, 0.717) is 29.4 Å². The molecule has 1 fully saturated rings. The van der Waals surface area contributed by atoms with E-state index in [-0.39, 0.29) is 29.7 Å².